The lowest BCUT2D eigenvalue weighted by Crippen LogP contribution is -2.66. The van der Waals surface area contributed by atoms with Crippen LogP contribution in [0.1, 0.15) is 55.6 Å². The number of quaternary nitrogens is 1. The average molecular weight is 524 g/mol. The molecule has 6 rings (SSSR count). The third kappa shape index (κ3) is 5.78. The molecule has 9 heteroatoms. The van der Waals surface area contributed by atoms with E-state index in [2.05, 4.69) is 5.32 Å². The molecular weight excluding hydrogens is 488 g/mol. The highest BCUT2D eigenvalue weighted by Gasteiger charge is 2.49. The number of benzene rings is 2. The summed E-state index contributed by atoms with van der Waals surface area (Å²) in [5, 5.41) is 2.69. The van der Waals surface area contributed by atoms with Gasteiger partial charge >= 0.3 is 12.1 Å². The van der Waals surface area contributed by atoms with E-state index in [1.165, 1.54) is 0 Å². The van der Waals surface area contributed by atoms with Crippen molar-refractivity contribution in [2.24, 2.45) is 5.92 Å². The molecule has 202 valence electrons. The zero-order chi connectivity index (χ0) is 26.9. The van der Waals surface area contributed by atoms with Gasteiger partial charge in [-0.3, -0.25) is 4.79 Å². The van der Waals surface area contributed by atoms with Crippen molar-refractivity contribution in [2.75, 3.05) is 33.0 Å². The fourth-order valence-corrected chi connectivity index (χ4v) is 5.61. The number of nitrogens with one attached hydrogen (secondary N) is 1. The summed E-state index contributed by atoms with van der Waals surface area (Å²) >= 11 is 0. The van der Waals surface area contributed by atoms with Gasteiger partial charge in [-0.05, 0) is 44.5 Å². The van der Waals surface area contributed by atoms with Crippen LogP contribution in [-0.4, -0.2) is 67.0 Å². The van der Waals surface area contributed by atoms with Crippen molar-refractivity contribution in [3.8, 4) is 11.5 Å². The quantitative estimate of drug-likeness (QED) is 0.332. The number of carbonyl (C=O) groups is 3. The van der Waals surface area contributed by atoms with E-state index in [1.54, 1.807) is 51.1 Å². The largest absolute Gasteiger partial charge is 0.454 e. The Morgan fingerprint density at radius 1 is 1.03 bits per heavy atom. The molecule has 0 saturated carbocycles. The highest BCUT2D eigenvalue weighted by molar-refractivity contribution is 5.97. The minimum absolute atomic E-state index is 0.0301. The fourth-order valence-electron chi connectivity index (χ4n) is 5.61. The van der Waals surface area contributed by atoms with Gasteiger partial charge in [0.25, 0.3) is 0 Å². The molecule has 2 unspecified atom stereocenters. The molecule has 2 bridgehead atoms. The number of piperidine rings is 3. The van der Waals surface area contributed by atoms with E-state index in [0.29, 0.717) is 40.2 Å². The minimum Gasteiger partial charge on any atom is -0.454 e. The molecular formula is C29H35N2O7+. The number of hydrogen-bond acceptors (Lipinski definition) is 7. The monoisotopic (exact) mass is 523 g/mol. The first kappa shape index (κ1) is 26.0. The second kappa shape index (κ2) is 10.3. The van der Waals surface area contributed by atoms with Gasteiger partial charge in [-0.1, -0.05) is 30.3 Å². The lowest BCUT2D eigenvalue weighted by atomic mass is 9.82. The maximum Gasteiger partial charge on any atom is 0.408 e. The van der Waals surface area contributed by atoms with E-state index in [4.69, 9.17) is 18.9 Å². The number of fused-ring (bicyclic) bond motifs is 4. The van der Waals surface area contributed by atoms with Gasteiger partial charge in [0.2, 0.25) is 12.6 Å². The Morgan fingerprint density at radius 2 is 1.74 bits per heavy atom. The lowest BCUT2D eigenvalue weighted by Gasteiger charge is -2.51. The summed E-state index contributed by atoms with van der Waals surface area (Å²) < 4.78 is 22.8. The van der Waals surface area contributed by atoms with Gasteiger partial charge in [0, 0.05) is 24.3 Å². The summed E-state index contributed by atoms with van der Waals surface area (Å²) in [5.41, 5.74) is 0.506. The third-order valence-corrected chi connectivity index (χ3v) is 7.51. The smallest absolute Gasteiger partial charge is 0.408 e. The molecule has 3 fully saturated rings. The average Bonchev–Trinajstić information content (AvgIpc) is 3.35. The van der Waals surface area contributed by atoms with Gasteiger partial charge in [0.05, 0.1) is 13.1 Å². The predicted octanol–water partition coefficient (Wildman–Crippen LogP) is 4.02. The zero-order valence-corrected chi connectivity index (χ0v) is 22.1. The maximum absolute atomic E-state index is 13.5. The van der Waals surface area contributed by atoms with Crippen LogP contribution in [0.4, 0.5) is 4.79 Å². The Morgan fingerprint density at radius 3 is 2.45 bits per heavy atom. The van der Waals surface area contributed by atoms with Crippen molar-refractivity contribution in [2.45, 2.75) is 51.4 Å². The molecule has 1 amide bonds. The first-order valence-corrected chi connectivity index (χ1v) is 13.1. The highest BCUT2D eigenvalue weighted by Crippen LogP contribution is 2.37. The van der Waals surface area contributed by atoms with Crippen LogP contribution in [0.25, 0.3) is 0 Å². The normalized spacial score (nSPS) is 24.4. The van der Waals surface area contributed by atoms with Crippen LogP contribution >= 0.6 is 0 Å². The van der Waals surface area contributed by atoms with Crippen LogP contribution < -0.4 is 14.8 Å². The molecule has 9 nitrogen and oxygen atoms in total. The van der Waals surface area contributed by atoms with Crippen molar-refractivity contribution < 1.29 is 37.8 Å². The van der Waals surface area contributed by atoms with Crippen LogP contribution in [0.3, 0.4) is 0 Å². The van der Waals surface area contributed by atoms with E-state index >= 15 is 0 Å². The van der Waals surface area contributed by atoms with Crippen molar-refractivity contribution >= 4 is 17.8 Å². The summed E-state index contributed by atoms with van der Waals surface area (Å²) in [6, 6.07) is 13.3. The van der Waals surface area contributed by atoms with Crippen LogP contribution in [-0.2, 0) is 14.3 Å². The van der Waals surface area contributed by atoms with Gasteiger partial charge < -0.3 is 28.7 Å². The van der Waals surface area contributed by atoms with Crippen molar-refractivity contribution in [1.29, 1.82) is 0 Å². The van der Waals surface area contributed by atoms with Gasteiger partial charge in [-0.2, -0.15) is 0 Å². The second-order valence-electron chi connectivity index (χ2n) is 11.4. The maximum atomic E-state index is 13.5. The molecule has 38 heavy (non-hydrogen) atoms. The van der Waals surface area contributed by atoms with E-state index in [-0.39, 0.29) is 24.6 Å². The summed E-state index contributed by atoms with van der Waals surface area (Å²) in [4.78, 5) is 39.3. The molecule has 4 aliphatic heterocycles. The van der Waals surface area contributed by atoms with Gasteiger partial charge in [0.1, 0.15) is 18.7 Å². The van der Waals surface area contributed by atoms with Gasteiger partial charge in [0.15, 0.2) is 23.6 Å². The molecule has 0 aromatic heterocycles. The predicted molar refractivity (Wildman–Crippen MR) is 138 cm³/mol. The number of nitrogens with zero attached hydrogens (tertiary/aromatic N) is 1. The highest BCUT2D eigenvalue weighted by atomic mass is 16.7. The number of ether oxygens (including phenoxy) is 4. The van der Waals surface area contributed by atoms with Crippen LogP contribution in [0.15, 0.2) is 48.5 Å². The van der Waals surface area contributed by atoms with Crippen molar-refractivity contribution in [3.05, 3.63) is 59.7 Å². The number of amides is 1. The third-order valence-electron chi connectivity index (χ3n) is 7.51. The Balaban J connectivity index is 1.28. The molecule has 2 atom stereocenters. The molecule has 0 radical (unpaired) electrons. The Bertz CT molecular complexity index is 1200. The molecule has 1 N–H and O–H groups in total. The van der Waals surface area contributed by atoms with Gasteiger partial charge in [-0.25, -0.2) is 9.59 Å². The Kier molecular flexibility index (Phi) is 7.05. The second-order valence-corrected chi connectivity index (χ2v) is 11.4. The number of ketones is 1. The zero-order valence-electron chi connectivity index (χ0n) is 22.1. The molecule has 2 aromatic rings. The first-order chi connectivity index (χ1) is 18.1. The Hall–Kier alpha value is -3.59. The van der Waals surface area contributed by atoms with Crippen LogP contribution in [0, 0.1) is 5.92 Å². The summed E-state index contributed by atoms with van der Waals surface area (Å²) in [5.74, 6) is 0.970. The van der Waals surface area contributed by atoms with E-state index in [1.807, 2.05) is 18.2 Å². The number of hydrogen-bond donors (Lipinski definition) is 1. The number of esters is 1. The molecule has 4 heterocycles. The van der Waals surface area contributed by atoms with Crippen molar-refractivity contribution in [3.63, 3.8) is 0 Å². The summed E-state index contributed by atoms with van der Waals surface area (Å²) in [6.07, 6.45) is 0.736. The summed E-state index contributed by atoms with van der Waals surface area (Å²) in [6.45, 7) is 8.10. The number of rotatable bonds is 7. The topological polar surface area (TPSA) is 100 Å². The van der Waals surface area contributed by atoms with E-state index in [0.717, 1.165) is 25.9 Å². The van der Waals surface area contributed by atoms with E-state index in [9.17, 15) is 14.4 Å². The molecule has 2 aromatic carbocycles. The number of alkyl carbamates (subject to hydrolysis) is 1. The number of Topliss-reactive ketones (excluding diaryl/α,β-unsaturated/α-hetero) is 1. The molecule has 4 aliphatic rings. The van der Waals surface area contributed by atoms with E-state index < -0.39 is 23.7 Å². The molecule has 0 spiro atoms. The summed E-state index contributed by atoms with van der Waals surface area (Å²) in [7, 11) is 0. The first-order valence-electron chi connectivity index (χ1n) is 13.1. The molecule has 3 saturated heterocycles. The minimum atomic E-state index is -0.995. The van der Waals surface area contributed by atoms with Crippen LogP contribution in [0.5, 0.6) is 11.5 Å². The van der Waals surface area contributed by atoms with Gasteiger partial charge in [-0.15, -0.1) is 0 Å². The Labute approximate surface area is 222 Å². The lowest BCUT2D eigenvalue weighted by molar-refractivity contribution is -0.938. The fraction of sp³-hybridized carbons (Fsp3) is 0.483. The number of carbonyl (C=O) groups excluding carboxylic acids is 3. The molecule has 0 aliphatic carbocycles. The van der Waals surface area contributed by atoms with Crippen molar-refractivity contribution in [1.82, 2.24) is 5.32 Å². The van der Waals surface area contributed by atoms with Crippen LogP contribution in [0.2, 0.25) is 0 Å². The standard InChI is InChI=1S/C29H34N2O7/c1-29(2,3)38-28(34)30-26(20-7-5-4-6-8-20)27(33)37-25-17-31(13-11-19(25)12-14-31)16-22(32)21-9-10-23-24(15-21)36-18-35-23/h4-10,15,19,25-26H,11-14,16-18H2,1-3H3/p+1. The SMILES string of the molecule is CC(C)(C)OC(=O)NC(C(=O)OC1C[N+]2(CC(=O)c3ccc4c(c3)OCO4)CCC1CC2)c1ccccc1.